The number of carbonyl (C=O) groups is 3. The normalized spacial score (nSPS) is 20.2. The molecule has 0 radical (unpaired) electrons. The smallest absolute Gasteiger partial charge is 0.247 e. The Labute approximate surface area is 223 Å². The lowest BCUT2D eigenvalue weighted by Gasteiger charge is -2.35. The maximum Gasteiger partial charge on any atom is 0.247 e. The average molecular weight is 527 g/mol. The standard InChI is InChI=1S/C28H38N4O4S/c1-7-37-16-24(34)31-25(28(4,5)6)27(36)32-15-21(33)14-23(32)26(35)30-17(2)19-8-10-20(11-9-19)22-12-13-29-18(22)3/h8-11,13,21,23,25,33H,2,7,12,14-16H2,1,3-6H3,(H,30,35)(H,31,34)/t21-,23+,25-/m1/s1. The van der Waals surface area contributed by atoms with Crippen LogP contribution in [0.5, 0.6) is 0 Å². The molecular weight excluding hydrogens is 488 g/mol. The van der Waals surface area contributed by atoms with Gasteiger partial charge in [0.15, 0.2) is 0 Å². The fourth-order valence-corrected chi connectivity index (χ4v) is 4.99. The molecule has 0 spiro atoms. The molecule has 3 N–H and O–H groups in total. The zero-order valence-electron chi connectivity index (χ0n) is 22.3. The summed E-state index contributed by atoms with van der Waals surface area (Å²) in [4.78, 5) is 45.0. The van der Waals surface area contributed by atoms with Gasteiger partial charge in [-0.15, -0.1) is 0 Å². The van der Waals surface area contributed by atoms with Crippen LogP contribution in [0.25, 0.3) is 11.3 Å². The fourth-order valence-electron chi connectivity index (χ4n) is 4.52. The van der Waals surface area contributed by atoms with E-state index in [4.69, 9.17) is 0 Å². The van der Waals surface area contributed by atoms with Gasteiger partial charge in [0.2, 0.25) is 17.7 Å². The maximum absolute atomic E-state index is 13.6. The number of hydrogen-bond donors (Lipinski definition) is 3. The van der Waals surface area contributed by atoms with Crippen molar-refractivity contribution in [1.29, 1.82) is 0 Å². The summed E-state index contributed by atoms with van der Waals surface area (Å²) in [6, 6.07) is 6.04. The molecule has 8 nitrogen and oxygen atoms in total. The highest BCUT2D eigenvalue weighted by Gasteiger charge is 2.44. The van der Waals surface area contributed by atoms with Gasteiger partial charge in [0, 0.05) is 37.0 Å². The Bertz CT molecular complexity index is 1100. The van der Waals surface area contributed by atoms with E-state index in [0.717, 1.165) is 29.0 Å². The molecule has 0 aromatic heterocycles. The maximum atomic E-state index is 13.6. The van der Waals surface area contributed by atoms with Crippen LogP contribution in [0, 0.1) is 5.41 Å². The number of benzene rings is 1. The SMILES string of the molecule is C=C(NC(=O)[C@@H]1C[C@@H](O)CN1C(=O)[C@@H](NC(=O)CSCC)C(C)(C)C)c1ccc(C2=C(C)N=CC2)cc1. The van der Waals surface area contributed by atoms with Crippen molar-refractivity contribution < 1.29 is 19.5 Å². The van der Waals surface area contributed by atoms with Crippen molar-refractivity contribution in [2.45, 2.75) is 65.6 Å². The van der Waals surface area contributed by atoms with Crippen LogP contribution >= 0.6 is 11.8 Å². The topological polar surface area (TPSA) is 111 Å². The molecule has 200 valence electrons. The minimum Gasteiger partial charge on any atom is -0.391 e. The second-order valence-electron chi connectivity index (χ2n) is 10.5. The predicted molar refractivity (Wildman–Crippen MR) is 150 cm³/mol. The summed E-state index contributed by atoms with van der Waals surface area (Å²) < 4.78 is 0. The molecule has 2 aliphatic heterocycles. The molecule has 37 heavy (non-hydrogen) atoms. The van der Waals surface area contributed by atoms with Crippen molar-refractivity contribution in [2.75, 3.05) is 18.1 Å². The van der Waals surface area contributed by atoms with Crippen molar-refractivity contribution in [2.24, 2.45) is 10.4 Å². The molecule has 3 atom stereocenters. The van der Waals surface area contributed by atoms with E-state index in [9.17, 15) is 19.5 Å². The second-order valence-corrected chi connectivity index (χ2v) is 11.8. The van der Waals surface area contributed by atoms with Gasteiger partial charge in [-0.3, -0.25) is 19.4 Å². The molecule has 3 rings (SSSR count). The largest absolute Gasteiger partial charge is 0.391 e. The molecule has 1 aromatic carbocycles. The molecule has 1 fully saturated rings. The minimum absolute atomic E-state index is 0.0286. The number of rotatable bonds is 9. The van der Waals surface area contributed by atoms with Gasteiger partial charge in [-0.1, -0.05) is 58.5 Å². The van der Waals surface area contributed by atoms with Gasteiger partial charge in [0.1, 0.15) is 12.1 Å². The first-order valence-corrected chi connectivity index (χ1v) is 13.8. The zero-order valence-corrected chi connectivity index (χ0v) is 23.2. The number of aliphatic hydroxyl groups is 1. The van der Waals surface area contributed by atoms with Crippen molar-refractivity contribution in [1.82, 2.24) is 15.5 Å². The number of likely N-dealkylation sites (tertiary alicyclic amines) is 1. The molecule has 0 bridgehead atoms. The third-order valence-corrected chi connectivity index (χ3v) is 7.47. The Morgan fingerprint density at radius 3 is 2.49 bits per heavy atom. The first kappa shape index (κ1) is 28.7. The Hall–Kier alpha value is -2.91. The molecule has 0 aliphatic carbocycles. The molecule has 1 saturated heterocycles. The highest BCUT2D eigenvalue weighted by molar-refractivity contribution is 7.99. The van der Waals surface area contributed by atoms with E-state index in [1.165, 1.54) is 22.2 Å². The number of amides is 3. The van der Waals surface area contributed by atoms with Crippen molar-refractivity contribution in [3.8, 4) is 0 Å². The number of nitrogens with one attached hydrogen (secondary N) is 2. The van der Waals surface area contributed by atoms with Crippen LogP contribution in [0.2, 0.25) is 0 Å². The summed E-state index contributed by atoms with van der Waals surface area (Å²) in [6.45, 7) is 13.6. The summed E-state index contributed by atoms with van der Waals surface area (Å²) >= 11 is 1.47. The molecular formula is C28H38N4O4S. The van der Waals surface area contributed by atoms with Crippen LogP contribution in [0.1, 0.15) is 58.6 Å². The van der Waals surface area contributed by atoms with Gasteiger partial charge in [0.25, 0.3) is 0 Å². The first-order chi connectivity index (χ1) is 17.4. The van der Waals surface area contributed by atoms with E-state index in [1.807, 2.05) is 65.1 Å². The highest BCUT2D eigenvalue weighted by atomic mass is 32.2. The van der Waals surface area contributed by atoms with E-state index in [1.54, 1.807) is 0 Å². The molecule has 2 heterocycles. The number of β-amino-alcohol motifs (C(OH)–C–C–N with tert-alkyl or cyclic N) is 1. The van der Waals surface area contributed by atoms with Crippen LogP contribution in [0.4, 0.5) is 0 Å². The van der Waals surface area contributed by atoms with E-state index in [0.29, 0.717) is 5.70 Å². The van der Waals surface area contributed by atoms with Crippen LogP contribution in [-0.2, 0) is 14.4 Å². The van der Waals surface area contributed by atoms with Crippen molar-refractivity contribution >= 4 is 47.0 Å². The molecule has 9 heteroatoms. The number of aliphatic hydroxyl groups excluding tert-OH is 1. The minimum atomic E-state index is -0.867. The van der Waals surface area contributed by atoms with Gasteiger partial charge >= 0.3 is 0 Å². The van der Waals surface area contributed by atoms with Crippen LogP contribution in [0.15, 0.2) is 41.5 Å². The number of nitrogens with zero attached hydrogens (tertiary/aromatic N) is 2. The Kier molecular flexibility index (Phi) is 9.36. The number of thioether (sulfide) groups is 1. The number of aliphatic imine (C=N–C) groups is 1. The summed E-state index contributed by atoms with van der Waals surface area (Å²) in [5.74, 6) is 0.0259. The summed E-state index contributed by atoms with van der Waals surface area (Å²) in [5, 5.41) is 16.0. The monoisotopic (exact) mass is 526 g/mol. The fraction of sp³-hybridized carbons (Fsp3) is 0.500. The number of carbonyl (C=O) groups excluding carboxylic acids is 3. The quantitative estimate of drug-likeness (QED) is 0.458. The molecule has 0 unspecified atom stereocenters. The molecule has 2 aliphatic rings. The molecule has 3 amide bonds. The van der Waals surface area contributed by atoms with Crippen molar-refractivity contribution in [3.05, 3.63) is 47.7 Å². The lowest BCUT2D eigenvalue weighted by molar-refractivity contribution is -0.143. The molecule has 0 saturated carbocycles. The van der Waals surface area contributed by atoms with Crippen molar-refractivity contribution in [3.63, 3.8) is 0 Å². The summed E-state index contributed by atoms with van der Waals surface area (Å²) in [5.41, 5.74) is 3.82. The summed E-state index contributed by atoms with van der Waals surface area (Å²) in [6.07, 6.45) is 1.97. The van der Waals surface area contributed by atoms with Crippen LogP contribution < -0.4 is 10.6 Å². The van der Waals surface area contributed by atoms with Gasteiger partial charge < -0.3 is 20.6 Å². The highest BCUT2D eigenvalue weighted by Crippen LogP contribution is 2.28. The van der Waals surface area contributed by atoms with E-state index < -0.39 is 29.5 Å². The van der Waals surface area contributed by atoms with Crippen LogP contribution in [-0.4, -0.2) is 70.2 Å². The Morgan fingerprint density at radius 2 is 1.92 bits per heavy atom. The number of allylic oxidation sites excluding steroid dienone is 2. The van der Waals surface area contributed by atoms with Gasteiger partial charge in [-0.25, -0.2) is 0 Å². The van der Waals surface area contributed by atoms with E-state index in [-0.39, 0.29) is 30.5 Å². The first-order valence-electron chi connectivity index (χ1n) is 12.6. The van der Waals surface area contributed by atoms with E-state index in [2.05, 4.69) is 22.2 Å². The zero-order chi connectivity index (χ0) is 27.3. The Morgan fingerprint density at radius 1 is 1.24 bits per heavy atom. The Balaban J connectivity index is 1.71. The lowest BCUT2D eigenvalue weighted by Crippen LogP contribution is -2.58. The third-order valence-electron chi connectivity index (χ3n) is 6.59. The third kappa shape index (κ3) is 7.11. The van der Waals surface area contributed by atoms with E-state index >= 15 is 0 Å². The lowest BCUT2D eigenvalue weighted by atomic mass is 9.85. The van der Waals surface area contributed by atoms with Gasteiger partial charge in [0.05, 0.1) is 11.9 Å². The van der Waals surface area contributed by atoms with Gasteiger partial charge in [-0.05, 0) is 34.8 Å². The van der Waals surface area contributed by atoms with Crippen LogP contribution in [0.3, 0.4) is 0 Å². The predicted octanol–water partition coefficient (Wildman–Crippen LogP) is 3.22. The summed E-state index contributed by atoms with van der Waals surface area (Å²) in [7, 11) is 0. The second kappa shape index (κ2) is 12.1. The van der Waals surface area contributed by atoms with Gasteiger partial charge in [-0.2, -0.15) is 11.8 Å². The average Bonchev–Trinajstić information content (AvgIpc) is 3.45. The number of hydrogen-bond acceptors (Lipinski definition) is 6. The molecule has 1 aromatic rings.